The third kappa shape index (κ3) is 3.63. The van der Waals surface area contributed by atoms with E-state index in [1.54, 1.807) is 0 Å². The van der Waals surface area contributed by atoms with Crippen molar-refractivity contribution in [2.75, 3.05) is 0 Å². The summed E-state index contributed by atoms with van der Waals surface area (Å²) in [4.78, 5) is 2.69. The van der Waals surface area contributed by atoms with Crippen molar-refractivity contribution in [1.29, 1.82) is 0 Å². The first-order chi connectivity index (χ1) is 9.08. The molecule has 0 radical (unpaired) electrons. The molecule has 0 amide bonds. The van der Waals surface area contributed by atoms with E-state index in [1.165, 1.54) is 20.9 Å². The molecule has 0 aliphatic heterocycles. The second kappa shape index (κ2) is 6.29. The zero-order chi connectivity index (χ0) is 13.8. The van der Waals surface area contributed by atoms with E-state index in [9.17, 15) is 0 Å². The minimum Gasteiger partial charge on any atom is -0.0898 e. The maximum Gasteiger partial charge on any atom is 0.0157 e. The molecule has 0 aromatic heterocycles. The molecule has 0 saturated heterocycles. The predicted molar refractivity (Wildman–Crippen MR) is 85.2 cm³/mol. The van der Waals surface area contributed by atoms with Crippen molar-refractivity contribution in [1.82, 2.24) is 0 Å². The Morgan fingerprint density at radius 3 is 2.05 bits per heavy atom. The van der Waals surface area contributed by atoms with E-state index in [1.807, 2.05) is 11.8 Å². The van der Waals surface area contributed by atoms with Crippen molar-refractivity contribution in [3.63, 3.8) is 0 Å². The molecular weight excluding hydrogens is 248 g/mol. The van der Waals surface area contributed by atoms with Crippen LogP contribution in [0.25, 0.3) is 0 Å². The van der Waals surface area contributed by atoms with Gasteiger partial charge in [-0.2, -0.15) is 0 Å². The van der Waals surface area contributed by atoms with Gasteiger partial charge < -0.3 is 0 Å². The van der Waals surface area contributed by atoms with Gasteiger partial charge in [-0.1, -0.05) is 69.8 Å². The van der Waals surface area contributed by atoms with Crippen molar-refractivity contribution >= 4 is 11.8 Å². The topological polar surface area (TPSA) is 0 Å². The summed E-state index contributed by atoms with van der Waals surface area (Å²) in [6.45, 7) is 9.05. The summed E-state index contributed by atoms with van der Waals surface area (Å²) in [7, 11) is 0. The summed E-state index contributed by atoms with van der Waals surface area (Å²) < 4.78 is 0. The van der Waals surface area contributed by atoms with E-state index in [4.69, 9.17) is 0 Å². The number of benzene rings is 2. The Labute approximate surface area is 121 Å². The third-order valence-electron chi connectivity index (χ3n) is 3.29. The molecule has 2 aromatic rings. The Kier molecular flexibility index (Phi) is 4.71. The average molecular weight is 270 g/mol. The second-order valence-corrected chi connectivity index (χ2v) is 6.64. The summed E-state index contributed by atoms with van der Waals surface area (Å²) in [5, 5.41) is 0. The maximum absolute atomic E-state index is 2.38. The first-order valence-electron chi connectivity index (χ1n) is 6.94. The van der Waals surface area contributed by atoms with Crippen LogP contribution in [0.1, 0.15) is 50.7 Å². The highest BCUT2D eigenvalue weighted by molar-refractivity contribution is 7.99. The second-order valence-electron chi connectivity index (χ2n) is 5.52. The molecule has 0 bridgehead atoms. The summed E-state index contributed by atoms with van der Waals surface area (Å²) in [6.07, 6.45) is 0. The molecule has 1 heteroatoms. The highest BCUT2D eigenvalue weighted by Crippen LogP contribution is 2.35. The molecule has 2 aromatic carbocycles. The summed E-state index contributed by atoms with van der Waals surface area (Å²) in [5.74, 6) is 1.15. The van der Waals surface area contributed by atoms with Crippen LogP contribution in [0.5, 0.6) is 0 Å². The molecule has 0 N–H and O–H groups in total. The summed E-state index contributed by atoms with van der Waals surface area (Å²) >= 11 is 1.86. The van der Waals surface area contributed by atoms with Gasteiger partial charge in [-0.3, -0.25) is 0 Å². The molecule has 0 saturated carbocycles. The third-order valence-corrected chi connectivity index (χ3v) is 4.39. The molecule has 0 atom stereocenters. The fourth-order valence-corrected chi connectivity index (χ4v) is 3.18. The SMILES string of the molecule is CC(C)c1ccc(Sc2ccccc2)c(C(C)C)c1. The van der Waals surface area contributed by atoms with Crippen molar-refractivity contribution in [3.8, 4) is 0 Å². The Bertz CT molecular complexity index is 527. The van der Waals surface area contributed by atoms with E-state index in [0.29, 0.717) is 11.8 Å². The largest absolute Gasteiger partial charge is 0.0898 e. The number of hydrogen-bond donors (Lipinski definition) is 0. The van der Waals surface area contributed by atoms with Gasteiger partial charge in [0.1, 0.15) is 0 Å². The maximum atomic E-state index is 2.38. The zero-order valence-electron chi connectivity index (χ0n) is 12.2. The van der Waals surface area contributed by atoms with E-state index in [0.717, 1.165) is 0 Å². The van der Waals surface area contributed by atoms with Gasteiger partial charge in [-0.05, 0) is 41.2 Å². The summed E-state index contributed by atoms with van der Waals surface area (Å²) in [6, 6.07) is 17.5. The van der Waals surface area contributed by atoms with Crippen LogP contribution < -0.4 is 0 Å². The van der Waals surface area contributed by atoms with E-state index in [2.05, 4.69) is 76.2 Å². The lowest BCUT2D eigenvalue weighted by atomic mass is 9.96. The Morgan fingerprint density at radius 1 is 0.789 bits per heavy atom. The first-order valence-corrected chi connectivity index (χ1v) is 7.76. The molecule has 0 nitrogen and oxygen atoms in total. The van der Waals surface area contributed by atoms with Crippen LogP contribution in [-0.4, -0.2) is 0 Å². The predicted octanol–water partition coefficient (Wildman–Crippen LogP) is 6.08. The van der Waals surface area contributed by atoms with Crippen LogP contribution in [0.2, 0.25) is 0 Å². The zero-order valence-corrected chi connectivity index (χ0v) is 13.0. The molecule has 0 aliphatic rings. The molecule has 19 heavy (non-hydrogen) atoms. The normalized spacial score (nSPS) is 11.3. The van der Waals surface area contributed by atoms with Crippen molar-refractivity contribution in [3.05, 3.63) is 59.7 Å². The molecule has 0 unspecified atom stereocenters. The van der Waals surface area contributed by atoms with Crippen LogP contribution in [-0.2, 0) is 0 Å². The lowest BCUT2D eigenvalue weighted by molar-refractivity contribution is 0.815. The number of rotatable bonds is 4. The van der Waals surface area contributed by atoms with Gasteiger partial charge in [-0.15, -0.1) is 0 Å². The quantitative estimate of drug-likeness (QED) is 0.648. The van der Waals surface area contributed by atoms with Gasteiger partial charge in [-0.25, -0.2) is 0 Å². The fourth-order valence-electron chi connectivity index (χ4n) is 2.09. The van der Waals surface area contributed by atoms with Crippen LogP contribution >= 0.6 is 11.8 Å². The minimum absolute atomic E-state index is 0.560. The molecule has 2 rings (SSSR count). The minimum atomic E-state index is 0.560. The van der Waals surface area contributed by atoms with Crippen molar-refractivity contribution in [2.24, 2.45) is 0 Å². The fraction of sp³-hybridized carbons (Fsp3) is 0.333. The van der Waals surface area contributed by atoms with Crippen LogP contribution in [0.15, 0.2) is 58.3 Å². The summed E-state index contributed by atoms with van der Waals surface area (Å²) in [5.41, 5.74) is 2.89. The molecule has 0 spiro atoms. The van der Waals surface area contributed by atoms with Gasteiger partial charge in [0.15, 0.2) is 0 Å². The monoisotopic (exact) mass is 270 g/mol. The first kappa shape index (κ1) is 14.2. The van der Waals surface area contributed by atoms with Gasteiger partial charge in [0.2, 0.25) is 0 Å². The van der Waals surface area contributed by atoms with Gasteiger partial charge in [0, 0.05) is 9.79 Å². The smallest absolute Gasteiger partial charge is 0.0157 e. The molecule has 0 aliphatic carbocycles. The molecule has 100 valence electrons. The Morgan fingerprint density at radius 2 is 1.47 bits per heavy atom. The Hall–Kier alpha value is -1.21. The lowest BCUT2D eigenvalue weighted by Crippen LogP contribution is -1.95. The van der Waals surface area contributed by atoms with Crippen LogP contribution in [0.3, 0.4) is 0 Å². The van der Waals surface area contributed by atoms with Gasteiger partial charge in [0.05, 0.1) is 0 Å². The van der Waals surface area contributed by atoms with Gasteiger partial charge in [0.25, 0.3) is 0 Å². The van der Waals surface area contributed by atoms with Crippen molar-refractivity contribution < 1.29 is 0 Å². The molecule has 0 heterocycles. The number of hydrogen-bond acceptors (Lipinski definition) is 1. The van der Waals surface area contributed by atoms with E-state index >= 15 is 0 Å². The van der Waals surface area contributed by atoms with Crippen molar-refractivity contribution in [2.45, 2.75) is 49.3 Å². The van der Waals surface area contributed by atoms with Crippen LogP contribution in [0, 0.1) is 0 Å². The van der Waals surface area contributed by atoms with E-state index in [-0.39, 0.29) is 0 Å². The molecular formula is C18H22S. The highest BCUT2D eigenvalue weighted by atomic mass is 32.2. The highest BCUT2D eigenvalue weighted by Gasteiger charge is 2.10. The standard InChI is InChI=1S/C18H22S/c1-13(2)15-10-11-18(17(12-15)14(3)4)19-16-8-6-5-7-9-16/h5-14H,1-4H3. The molecule has 0 fully saturated rings. The lowest BCUT2D eigenvalue weighted by Gasteiger charge is -2.16. The van der Waals surface area contributed by atoms with Crippen LogP contribution in [0.4, 0.5) is 0 Å². The van der Waals surface area contributed by atoms with E-state index < -0.39 is 0 Å². The average Bonchev–Trinajstić information content (AvgIpc) is 2.39. The van der Waals surface area contributed by atoms with Gasteiger partial charge >= 0.3 is 0 Å². The Balaban J connectivity index is 2.34.